The van der Waals surface area contributed by atoms with Crippen molar-refractivity contribution in [2.24, 2.45) is 0 Å². The molecule has 0 fully saturated rings. The van der Waals surface area contributed by atoms with Gasteiger partial charge in [-0.15, -0.1) is 0 Å². The molecule has 0 saturated carbocycles. The van der Waals surface area contributed by atoms with E-state index in [2.05, 4.69) is 56.1 Å². The van der Waals surface area contributed by atoms with Crippen LogP contribution in [0.25, 0.3) is 16.8 Å². The van der Waals surface area contributed by atoms with Crippen LogP contribution < -0.4 is 0 Å². The number of nitriles is 1. The zero-order chi connectivity index (χ0) is 17.5. The summed E-state index contributed by atoms with van der Waals surface area (Å²) in [5, 5.41) is 9.52. The highest BCUT2D eigenvalue weighted by molar-refractivity contribution is 5.72. The fraction of sp³-hybridized carbons (Fsp3) is 0.227. The number of hydrogen-bond acceptors (Lipinski definition) is 1. The molecule has 1 aromatic heterocycles. The molecule has 0 amide bonds. The molecule has 24 heavy (non-hydrogen) atoms. The number of aromatic nitrogens is 1. The van der Waals surface area contributed by atoms with E-state index in [9.17, 15) is 5.26 Å². The van der Waals surface area contributed by atoms with E-state index < -0.39 is 0 Å². The predicted molar refractivity (Wildman–Crippen MR) is 103 cm³/mol. The first-order valence-corrected chi connectivity index (χ1v) is 8.31. The SMILES string of the molecule is C=C(C)c1ccc(-n2cc(C#N)c(/C(=C/C=C\C)CCC)c2)cc1. The lowest BCUT2D eigenvalue weighted by Crippen LogP contribution is -1.90. The van der Waals surface area contributed by atoms with E-state index in [1.165, 1.54) is 5.57 Å². The lowest BCUT2D eigenvalue weighted by molar-refractivity contribution is 0.972. The van der Waals surface area contributed by atoms with Gasteiger partial charge in [0.2, 0.25) is 0 Å². The monoisotopic (exact) mass is 316 g/mol. The van der Waals surface area contributed by atoms with Gasteiger partial charge in [-0.25, -0.2) is 0 Å². The van der Waals surface area contributed by atoms with E-state index in [1.54, 1.807) is 0 Å². The average molecular weight is 316 g/mol. The quantitative estimate of drug-likeness (QED) is 0.588. The van der Waals surface area contributed by atoms with E-state index in [-0.39, 0.29) is 0 Å². The van der Waals surface area contributed by atoms with Crippen LogP contribution in [0.2, 0.25) is 0 Å². The average Bonchev–Trinajstić information content (AvgIpc) is 3.03. The maximum absolute atomic E-state index is 9.52. The van der Waals surface area contributed by atoms with Gasteiger partial charge in [-0.2, -0.15) is 5.26 Å². The van der Waals surface area contributed by atoms with Gasteiger partial charge in [0.1, 0.15) is 6.07 Å². The van der Waals surface area contributed by atoms with Crippen LogP contribution in [0, 0.1) is 11.3 Å². The van der Waals surface area contributed by atoms with Crippen molar-refractivity contribution >= 4 is 11.1 Å². The van der Waals surface area contributed by atoms with Gasteiger partial charge >= 0.3 is 0 Å². The Bertz CT molecular complexity index is 809. The molecule has 1 heterocycles. The van der Waals surface area contributed by atoms with Gasteiger partial charge < -0.3 is 4.57 Å². The number of nitrogens with zero attached hydrogens (tertiary/aromatic N) is 2. The van der Waals surface area contributed by atoms with Crippen LogP contribution in [-0.4, -0.2) is 4.57 Å². The summed E-state index contributed by atoms with van der Waals surface area (Å²) in [5.74, 6) is 0. The molecule has 0 atom stereocenters. The highest BCUT2D eigenvalue weighted by atomic mass is 14.9. The number of benzene rings is 1. The van der Waals surface area contributed by atoms with Gasteiger partial charge in [-0.1, -0.05) is 55.9 Å². The summed E-state index contributed by atoms with van der Waals surface area (Å²) in [6, 6.07) is 10.6. The zero-order valence-electron chi connectivity index (χ0n) is 14.7. The Morgan fingerprint density at radius 2 is 1.96 bits per heavy atom. The third-order valence-corrected chi connectivity index (χ3v) is 3.96. The van der Waals surface area contributed by atoms with Gasteiger partial charge in [-0.3, -0.25) is 0 Å². The van der Waals surface area contributed by atoms with E-state index in [4.69, 9.17) is 0 Å². The molecular weight excluding hydrogens is 292 g/mol. The Labute approximate surface area is 145 Å². The molecule has 1 aromatic carbocycles. The predicted octanol–water partition coefficient (Wildman–Crippen LogP) is 6.14. The summed E-state index contributed by atoms with van der Waals surface area (Å²) >= 11 is 0. The lowest BCUT2D eigenvalue weighted by Gasteiger charge is -2.06. The molecule has 2 nitrogen and oxygen atoms in total. The molecule has 0 aliphatic heterocycles. The van der Waals surface area contributed by atoms with Gasteiger partial charge in [0.05, 0.1) is 5.56 Å². The molecule has 122 valence electrons. The van der Waals surface area contributed by atoms with Crippen LogP contribution in [0.5, 0.6) is 0 Å². The first-order chi connectivity index (χ1) is 11.6. The summed E-state index contributed by atoms with van der Waals surface area (Å²) in [5.41, 5.74) is 6.15. The van der Waals surface area contributed by atoms with Crippen molar-refractivity contribution in [1.82, 2.24) is 4.57 Å². The van der Waals surface area contributed by atoms with Crippen molar-refractivity contribution in [2.75, 3.05) is 0 Å². The Hall–Kier alpha value is -2.79. The minimum absolute atomic E-state index is 0.711. The largest absolute Gasteiger partial charge is 0.322 e. The number of hydrogen-bond donors (Lipinski definition) is 0. The van der Waals surface area contributed by atoms with Gasteiger partial charge in [-0.05, 0) is 43.5 Å². The molecule has 0 unspecified atom stereocenters. The molecule has 0 aliphatic rings. The lowest BCUT2D eigenvalue weighted by atomic mass is 10.0. The second-order valence-corrected chi connectivity index (χ2v) is 5.90. The second kappa shape index (κ2) is 8.17. The van der Waals surface area contributed by atoms with E-state index in [1.807, 2.05) is 36.8 Å². The highest BCUT2D eigenvalue weighted by Crippen LogP contribution is 2.26. The Morgan fingerprint density at radius 1 is 1.25 bits per heavy atom. The van der Waals surface area contributed by atoms with Crippen LogP contribution >= 0.6 is 0 Å². The standard InChI is InChI=1S/C22H24N2/c1-5-7-9-19(8-6-2)22-16-24(15-20(22)14-23)21-12-10-18(11-13-21)17(3)4/h5,7,9-13,15-16H,3,6,8H2,1-2,4H3/b7-5-,19-9+. The molecule has 0 spiro atoms. The Balaban J connectivity index is 2.46. The second-order valence-electron chi connectivity index (χ2n) is 5.90. The molecule has 2 heteroatoms. The normalized spacial score (nSPS) is 11.7. The first kappa shape index (κ1) is 17.6. The number of allylic oxidation sites excluding steroid dienone is 5. The minimum atomic E-state index is 0.711. The molecular formula is C22H24N2. The molecule has 0 aliphatic carbocycles. The van der Waals surface area contributed by atoms with Crippen LogP contribution in [-0.2, 0) is 0 Å². The topological polar surface area (TPSA) is 28.7 Å². The Morgan fingerprint density at radius 3 is 2.50 bits per heavy atom. The van der Waals surface area contributed by atoms with Crippen molar-refractivity contribution in [1.29, 1.82) is 5.26 Å². The van der Waals surface area contributed by atoms with Crippen LogP contribution in [0.3, 0.4) is 0 Å². The Kier molecular flexibility index (Phi) is 5.98. The molecule has 0 radical (unpaired) electrons. The van der Waals surface area contributed by atoms with E-state index >= 15 is 0 Å². The molecule has 0 saturated heterocycles. The van der Waals surface area contributed by atoms with Gasteiger partial charge in [0.15, 0.2) is 0 Å². The van der Waals surface area contributed by atoms with Crippen molar-refractivity contribution in [3.8, 4) is 11.8 Å². The summed E-state index contributed by atoms with van der Waals surface area (Å²) in [6.45, 7) is 10.1. The van der Waals surface area contributed by atoms with Crippen molar-refractivity contribution < 1.29 is 0 Å². The van der Waals surface area contributed by atoms with Crippen molar-refractivity contribution in [2.45, 2.75) is 33.6 Å². The smallest absolute Gasteiger partial charge is 0.101 e. The molecule has 0 bridgehead atoms. The zero-order valence-corrected chi connectivity index (χ0v) is 14.7. The summed E-state index contributed by atoms with van der Waals surface area (Å²) in [4.78, 5) is 0. The van der Waals surface area contributed by atoms with Crippen LogP contribution in [0.1, 0.15) is 50.3 Å². The molecule has 2 rings (SSSR count). The van der Waals surface area contributed by atoms with Gasteiger partial charge in [0.25, 0.3) is 0 Å². The fourth-order valence-corrected chi connectivity index (χ4v) is 2.66. The van der Waals surface area contributed by atoms with Crippen LogP contribution in [0.15, 0.2) is 61.5 Å². The van der Waals surface area contributed by atoms with E-state index in [0.717, 1.165) is 35.2 Å². The third-order valence-electron chi connectivity index (χ3n) is 3.96. The first-order valence-electron chi connectivity index (χ1n) is 8.31. The molecule has 2 aromatic rings. The summed E-state index contributed by atoms with van der Waals surface area (Å²) in [7, 11) is 0. The van der Waals surface area contributed by atoms with Crippen LogP contribution in [0.4, 0.5) is 0 Å². The number of rotatable bonds is 6. The summed E-state index contributed by atoms with van der Waals surface area (Å²) in [6.07, 6.45) is 12.1. The molecule has 0 N–H and O–H groups in total. The maximum atomic E-state index is 9.52. The maximum Gasteiger partial charge on any atom is 0.101 e. The van der Waals surface area contributed by atoms with E-state index in [0.29, 0.717) is 5.56 Å². The highest BCUT2D eigenvalue weighted by Gasteiger charge is 2.11. The fourth-order valence-electron chi connectivity index (χ4n) is 2.66. The van der Waals surface area contributed by atoms with Crippen molar-refractivity contribution in [3.05, 3.63) is 78.2 Å². The van der Waals surface area contributed by atoms with Gasteiger partial charge in [0, 0.05) is 23.6 Å². The minimum Gasteiger partial charge on any atom is -0.322 e. The third kappa shape index (κ3) is 3.94. The summed E-state index contributed by atoms with van der Waals surface area (Å²) < 4.78 is 2.02. The van der Waals surface area contributed by atoms with Crippen molar-refractivity contribution in [3.63, 3.8) is 0 Å².